The van der Waals surface area contributed by atoms with Gasteiger partial charge in [0.1, 0.15) is 9.53 Å². The molecule has 0 aliphatic carbocycles. The topological polar surface area (TPSA) is 56.7 Å². The maximum absolute atomic E-state index is 5.51. The van der Waals surface area contributed by atoms with Crippen molar-refractivity contribution in [1.82, 2.24) is 14.5 Å². The Bertz CT molecular complexity index is 504. The fourth-order valence-electron chi connectivity index (χ4n) is 1.83. The van der Waals surface area contributed by atoms with E-state index >= 15 is 0 Å². The molecular formula is C13H17IN4. The second kappa shape index (κ2) is 6.29. The number of pyridine rings is 1. The van der Waals surface area contributed by atoms with E-state index in [0.717, 1.165) is 46.7 Å². The van der Waals surface area contributed by atoms with Gasteiger partial charge in [0.25, 0.3) is 0 Å². The van der Waals surface area contributed by atoms with E-state index in [1.54, 1.807) is 0 Å². The van der Waals surface area contributed by atoms with E-state index in [0.29, 0.717) is 0 Å². The molecule has 2 aromatic heterocycles. The normalized spacial score (nSPS) is 10.8. The van der Waals surface area contributed by atoms with Gasteiger partial charge in [-0.1, -0.05) is 0 Å². The summed E-state index contributed by atoms with van der Waals surface area (Å²) in [5.74, 6) is 1.04. The van der Waals surface area contributed by atoms with Crippen molar-refractivity contribution in [2.75, 3.05) is 6.54 Å². The molecule has 0 bridgehead atoms. The predicted molar refractivity (Wildman–Crippen MR) is 81.2 cm³/mol. The number of unbranched alkanes of at least 4 members (excludes halogenated alkanes) is 1. The van der Waals surface area contributed by atoms with Crippen LogP contribution in [0.15, 0.2) is 24.5 Å². The van der Waals surface area contributed by atoms with Crippen LogP contribution in [0.2, 0.25) is 0 Å². The molecule has 0 amide bonds. The lowest BCUT2D eigenvalue weighted by atomic mass is 10.2. The molecule has 0 aliphatic heterocycles. The predicted octanol–water partition coefficient (Wildman–Crippen LogP) is 2.60. The third-order valence-electron chi connectivity index (χ3n) is 2.85. The van der Waals surface area contributed by atoms with Crippen LogP contribution in [-0.4, -0.2) is 21.1 Å². The Morgan fingerprint density at radius 2 is 2.17 bits per heavy atom. The smallest absolute Gasteiger partial charge is 0.106 e. The zero-order valence-corrected chi connectivity index (χ0v) is 12.6. The molecule has 96 valence electrons. The Balaban J connectivity index is 2.15. The van der Waals surface area contributed by atoms with Gasteiger partial charge in [0, 0.05) is 24.5 Å². The lowest BCUT2D eigenvalue weighted by Gasteiger charge is -2.02. The number of hydrogen-bond acceptors (Lipinski definition) is 3. The lowest BCUT2D eigenvalue weighted by molar-refractivity contribution is 0.602. The van der Waals surface area contributed by atoms with Crippen molar-refractivity contribution in [3.63, 3.8) is 0 Å². The van der Waals surface area contributed by atoms with Crippen LogP contribution in [-0.2, 0) is 6.54 Å². The summed E-state index contributed by atoms with van der Waals surface area (Å²) < 4.78 is 3.18. The van der Waals surface area contributed by atoms with Gasteiger partial charge in [-0.05, 0) is 61.0 Å². The molecule has 0 radical (unpaired) electrons. The standard InChI is InChI=1S/C13H17IN4/c1-10-17-12(9-18(10)7-3-2-6-15)11-4-5-13(14)16-8-11/h4-5,8-9H,2-3,6-7,15H2,1H3. The van der Waals surface area contributed by atoms with E-state index in [2.05, 4.69) is 49.4 Å². The number of nitrogens with two attached hydrogens (primary N) is 1. The molecule has 0 unspecified atom stereocenters. The zero-order valence-electron chi connectivity index (χ0n) is 10.4. The maximum atomic E-state index is 5.51. The molecule has 0 aliphatic rings. The average molecular weight is 356 g/mol. The largest absolute Gasteiger partial charge is 0.335 e. The molecule has 2 aromatic rings. The molecule has 0 saturated carbocycles. The van der Waals surface area contributed by atoms with E-state index in [-0.39, 0.29) is 0 Å². The average Bonchev–Trinajstić information content (AvgIpc) is 2.72. The Kier molecular flexibility index (Phi) is 4.71. The van der Waals surface area contributed by atoms with Gasteiger partial charge in [-0.25, -0.2) is 9.97 Å². The number of aromatic nitrogens is 3. The zero-order chi connectivity index (χ0) is 13.0. The summed E-state index contributed by atoms with van der Waals surface area (Å²) in [6.07, 6.45) is 6.11. The van der Waals surface area contributed by atoms with Gasteiger partial charge in [-0.3, -0.25) is 0 Å². The lowest BCUT2D eigenvalue weighted by Crippen LogP contribution is -2.03. The maximum Gasteiger partial charge on any atom is 0.106 e. The minimum absolute atomic E-state index is 0.752. The molecule has 2 N–H and O–H groups in total. The number of aryl methyl sites for hydroxylation is 2. The van der Waals surface area contributed by atoms with Gasteiger partial charge < -0.3 is 10.3 Å². The number of hydrogen-bond donors (Lipinski definition) is 1. The number of halogens is 1. The van der Waals surface area contributed by atoms with Crippen LogP contribution >= 0.6 is 22.6 Å². The fraction of sp³-hybridized carbons (Fsp3) is 0.385. The number of imidazole rings is 1. The van der Waals surface area contributed by atoms with Crippen molar-refractivity contribution in [1.29, 1.82) is 0 Å². The van der Waals surface area contributed by atoms with Gasteiger partial charge >= 0.3 is 0 Å². The van der Waals surface area contributed by atoms with Gasteiger partial charge in [-0.2, -0.15) is 0 Å². The first-order chi connectivity index (χ1) is 8.70. The molecule has 5 heteroatoms. The van der Waals surface area contributed by atoms with Crippen molar-refractivity contribution in [2.24, 2.45) is 5.73 Å². The highest BCUT2D eigenvalue weighted by Crippen LogP contribution is 2.18. The third kappa shape index (κ3) is 3.29. The van der Waals surface area contributed by atoms with E-state index < -0.39 is 0 Å². The summed E-state index contributed by atoms with van der Waals surface area (Å²) in [7, 11) is 0. The van der Waals surface area contributed by atoms with Crippen molar-refractivity contribution in [2.45, 2.75) is 26.3 Å². The van der Waals surface area contributed by atoms with Crippen LogP contribution in [0.25, 0.3) is 11.3 Å². The quantitative estimate of drug-likeness (QED) is 0.509. The van der Waals surface area contributed by atoms with Crippen molar-refractivity contribution in [3.05, 3.63) is 34.1 Å². The Morgan fingerprint density at radius 3 is 2.83 bits per heavy atom. The summed E-state index contributed by atoms with van der Waals surface area (Å²) >= 11 is 2.20. The Hall–Kier alpha value is -0.950. The van der Waals surface area contributed by atoms with Crippen LogP contribution in [0, 0.1) is 10.6 Å². The molecule has 0 fully saturated rings. The first-order valence-corrected chi connectivity index (χ1v) is 7.14. The summed E-state index contributed by atoms with van der Waals surface area (Å²) in [6, 6.07) is 4.05. The van der Waals surface area contributed by atoms with Crippen molar-refractivity contribution < 1.29 is 0 Å². The molecule has 0 spiro atoms. The van der Waals surface area contributed by atoms with E-state index in [9.17, 15) is 0 Å². The molecule has 4 nitrogen and oxygen atoms in total. The minimum atomic E-state index is 0.752. The van der Waals surface area contributed by atoms with Crippen molar-refractivity contribution >= 4 is 22.6 Å². The SMILES string of the molecule is Cc1nc(-c2ccc(I)nc2)cn1CCCCN. The summed E-state index contributed by atoms with van der Waals surface area (Å²) in [5.41, 5.74) is 7.56. The Morgan fingerprint density at radius 1 is 1.33 bits per heavy atom. The second-order valence-corrected chi connectivity index (χ2v) is 5.34. The Labute approximate surface area is 121 Å². The van der Waals surface area contributed by atoms with Gasteiger partial charge in [0.05, 0.1) is 5.69 Å². The van der Waals surface area contributed by atoms with Crippen LogP contribution in [0.5, 0.6) is 0 Å². The summed E-state index contributed by atoms with van der Waals surface area (Å²) in [5, 5.41) is 0. The van der Waals surface area contributed by atoms with Crippen LogP contribution < -0.4 is 5.73 Å². The monoisotopic (exact) mass is 356 g/mol. The molecule has 2 rings (SSSR count). The molecule has 2 heterocycles. The first kappa shape index (κ1) is 13.5. The fourth-order valence-corrected chi connectivity index (χ4v) is 2.15. The number of rotatable bonds is 5. The van der Waals surface area contributed by atoms with Gasteiger partial charge in [0.15, 0.2) is 0 Å². The molecule has 0 atom stereocenters. The van der Waals surface area contributed by atoms with Crippen LogP contribution in [0.3, 0.4) is 0 Å². The molecule has 0 aromatic carbocycles. The van der Waals surface area contributed by atoms with Crippen molar-refractivity contribution in [3.8, 4) is 11.3 Å². The van der Waals surface area contributed by atoms with Gasteiger partial charge in [0.2, 0.25) is 0 Å². The van der Waals surface area contributed by atoms with E-state index in [1.807, 2.05) is 19.2 Å². The highest BCUT2D eigenvalue weighted by atomic mass is 127. The number of nitrogens with zero attached hydrogens (tertiary/aromatic N) is 3. The third-order valence-corrected chi connectivity index (χ3v) is 3.49. The summed E-state index contributed by atoms with van der Waals surface area (Å²) in [4.78, 5) is 8.87. The minimum Gasteiger partial charge on any atom is -0.335 e. The molecule has 18 heavy (non-hydrogen) atoms. The highest BCUT2D eigenvalue weighted by Gasteiger charge is 2.06. The second-order valence-electron chi connectivity index (χ2n) is 4.23. The van der Waals surface area contributed by atoms with Crippen LogP contribution in [0.1, 0.15) is 18.7 Å². The van der Waals surface area contributed by atoms with Crippen LogP contribution in [0.4, 0.5) is 0 Å². The summed E-state index contributed by atoms with van der Waals surface area (Å²) in [6.45, 7) is 3.77. The highest BCUT2D eigenvalue weighted by molar-refractivity contribution is 14.1. The van der Waals surface area contributed by atoms with Gasteiger partial charge in [-0.15, -0.1) is 0 Å². The van der Waals surface area contributed by atoms with E-state index in [4.69, 9.17) is 5.73 Å². The van der Waals surface area contributed by atoms with E-state index in [1.165, 1.54) is 0 Å². The molecule has 0 saturated heterocycles. The molecular weight excluding hydrogens is 339 g/mol. The first-order valence-electron chi connectivity index (χ1n) is 6.06.